The molecule has 0 bridgehead atoms. The van der Waals surface area contributed by atoms with Gasteiger partial charge in [0.25, 0.3) is 0 Å². The highest BCUT2D eigenvalue weighted by Crippen LogP contribution is 2.32. The molecule has 1 aromatic carbocycles. The van der Waals surface area contributed by atoms with E-state index in [0.717, 1.165) is 11.3 Å². The number of hydrogen-bond acceptors (Lipinski definition) is 5. The van der Waals surface area contributed by atoms with Crippen molar-refractivity contribution in [2.45, 2.75) is 0 Å². The van der Waals surface area contributed by atoms with Crippen LogP contribution < -0.4 is 10.1 Å². The molecule has 74 valence electrons. The second-order valence-electron chi connectivity index (χ2n) is 3.12. The first kappa shape index (κ1) is 8.16. The van der Waals surface area contributed by atoms with Crippen molar-refractivity contribution < 1.29 is 4.74 Å². The van der Waals surface area contributed by atoms with Crippen LogP contribution in [0.2, 0.25) is 0 Å². The highest BCUT2D eigenvalue weighted by molar-refractivity contribution is 5.78. The van der Waals surface area contributed by atoms with Crippen molar-refractivity contribution in [3.63, 3.8) is 0 Å². The molecule has 0 fully saturated rings. The summed E-state index contributed by atoms with van der Waals surface area (Å²) in [7, 11) is 0. The average Bonchev–Trinajstić information content (AvgIpc) is 2.48. The van der Waals surface area contributed by atoms with Crippen molar-refractivity contribution in [3.8, 4) is 17.1 Å². The van der Waals surface area contributed by atoms with Crippen LogP contribution in [0.25, 0.3) is 11.3 Å². The minimum atomic E-state index is 0.392. The molecule has 3 rings (SSSR count). The van der Waals surface area contributed by atoms with Gasteiger partial charge >= 0.3 is 0 Å². The Balaban J connectivity index is 2.27. The summed E-state index contributed by atoms with van der Waals surface area (Å²) in [5.74, 6) is 0.516. The van der Waals surface area contributed by atoms with Crippen LogP contribution >= 0.6 is 0 Å². The van der Waals surface area contributed by atoms with Crippen LogP contribution in [0.15, 0.2) is 30.6 Å². The second-order valence-corrected chi connectivity index (χ2v) is 3.12. The van der Waals surface area contributed by atoms with E-state index in [0.29, 0.717) is 18.3 Å². The van der Waals surface area contributed by atoms with Crippen molar-refractivity contribution in [2.75, 3.05) is 12.0 Å². The predicted octanol–water partition coefficient (Wildman–Crippen LogP) is 1.30. The SMILES string of the molecule is c1ccc2c(c1)NCOc1ncnnc1-2. The number of benzene rings is 1. The van der Waals surface area contributed by atoms with Crippen LogP contribution in [0, 0.1) is 0 Å². The van der Waals surface area contributed by atoms with Crippen LogP contribution in [0.4, 0.5) is 5.69 Å². The van der Waals surface area contributed by atoms with E-state index < -0.39 is 0 Å². The summed E-state index contributed by atoms with van der Waals surface area (Å²) in [4.78, 5) is 4.04. The number of fused-ring (bicyclic) bond motifs is 3. The van der Waals surface area contributed by atoms with Gasteiger partial charge in [-0.2, -0.15) is 4.98 Å². The Morgan fingerprint density at radius 1 is 1.27 bits per heavy atom. The summed E-state index contributed by atoms with van der Waals surface area (Å²) in [6.07, 6.45) is 1.38. The first-order valence-electron chi connectivity index (χ1n) is 4.59. The summed E-state index contributed by atoms with van der Waals surface area (Å²) < 4.78 is 5.41. The van der Waals surface area contributed by atoms with E-state index in [9.17, 15) is 0 Å². The molecule has 15 heavy (non-hydrogen) atoms. The van der Waals surface area contributed by atoms with Crippen molar-refractivity contribution in [1.29, 1.82) is 0 Å². The third-order valence-corrected chi connectivity index (χ3v) is 2.24. The zero-order chi connectivity index (χ0) is 10.1. The summed E-state index contributed by atoms with van der Waals surface area (Å²) in [5.41, 5.74) is 2.63. The fraction of sp³-hybridized carbons (Fsp3) is 0.100. The largest absolute Gasteiger partial charge is 0.455 e. The normalized spacial score (nSPS) is 12.8. The first-order chi connectivity index (χ1) is 7.45. The maximum Gasteiger partial charge on any atom is 0.245 e. The Labute approximate surface area is 86.1 Å². The molecule has 5 nitrogen and oxygen atoms in total. The van der Waals surface area contributed by atoms with E-state index in [-0.39, 0.29) is 0 Å². The van der Waals surface area contributed by atoms with Crippen LogP contribution in [-0.4, -0.2) is 21.9 Å². The molecule has 1 aliphatic heterocycles. The third kappa shape index (κ3) is 1.28. The summed E-state index contributed by atoms with van der Waals surface area (Å²) in [6, 6.07) is 7.85. The maximum absolute atomic E-state index is 5.41. The zero-order valence-electron chi connectivity index (χ0n) is 7.84. The van der Waals surface area contributed by atoms with Crippen molar-refractivity contribution >= 4 is 5.69 Å². The molecule has 1 N–H and O–H groups in total. The molecule has 5 heteroatoms. The molecule has 0 spiro atoms. The molecule has 1 aromatic heterocycles. The third-order valence-electron chi connectivity index (χ3n) is 2.24. The smallest absolute Gasteiger partial charge is 0.245 e. The maximum atomic E-state index is 5.41. The van der Waals surface area contributed by atoms with E-state index in [1.807, 2.05) is 24.3 Å². The lowest BCUT2D eigenvalue weighted by atomic mass is 10.1. The van der Waals surface area contributed by atoms with E-state index in [1.54, 1.807) is 0 Å². The second kappa shape index (κ2) is 3.20. The van der Waals surface area contributed by atoms with Gasteiger partial charge in [-0.05, 0) is 6.07 Å². The van der Waals surface area contributed by atoms with Gasteiger partial charge in [0.05, 0.1) is 0 Å². The average molecular weight is 200 g/mol. The topological polar surface area (TPSA) is 59.9 Å². The quantitative estimate of drug-likeness (QED) is 0.694. The van der Waals surface area contributed by atoms with Gasteiger partial charge in [-0.3, -0.25) is 0 Å². The van der Waals surface area contributed by atoms with Crippen LogP contribution in [0.1, 0.15) is 0 Å². The lowest BCUT2D eigenvalue weighted by molar-refractivity contribution is 0.334. The molecule has 2 aromatic rings. The lowest BCUT2D eigenvalue weighted by Gasteiger charge is -2.03. The van der Waals surface area contributed by atoms with Gasteiger partial charge in [0.2, 0.25) is 5.88 Å². The first-order valence-corrected chi connectivity index (χ1v) is 4.59. The minimum Gasteiger partial charge on any atom is -0.455 e. The van der Waals surface area contributed by atoms with Crippen LogP contribution in [-0.2, 0) is 0 Å². The van der Waals surface area contributed by atoms with Gasteiger partial charge in [0, 0.05) is 11.3 Å². The molecule has 0 radical (unpaired) electrons. The standard InChI is InChI=1S/C10H8N4O/c1-2-4-8-7(3-1)9-10(15-6-12-8)11-5-13-14-9/h1-5,12H,6H2. The highest BCUT2D eigenvalue weighted by Gasteiger charge is 2.16. The number of nitrogens with zero attached hydrogens (tertiary/aromatic N) is 3. The number of aromatic nitrogens is 3. The lowest BCUT2D eigenvalue weighted by Crippen LogP contribution is -2.07. The van der Waals surface area contributed by atoms with Gasteiger partial charge in [0.1, 0.15) is 6.33 Å². The Hall–Kier alpha value is -2.17. The van der Waals surface area contributed by atoms with Gasteiger partial charge in [-0.1, -0.05) is 18.2 Å². The highest BCUT2D eigenvalue weighted by atomic mass is 16.5. The molecule has 0 saturated heterocycles. The number of rotatable bonds is 0. The Morgan fingerprint density at radius 2 is 2.20 bits per heavy atom. The minimum absolute atomic E-state index is 0.392. The number of para-hydroxylation sites is 1. The molecule has 0 unspecified atom stereocenters. The summed E-state index contributed by atoms with van der Waals surface area (Å²) in [5, 5.41) is 11.0. The van der Waals surface area contributed by atoms with Gasteiger partial charge in [-0.25, -0.2) is 0 Å². The van der Waals surface area contributed by atoms with Gasteiger partial charge in [-0.15, -0.1) is 10.2 Å². The number of anilines is 1. The van der Waals surface area contributed by atoms with Crippen molar-refractivity contribution in [3.05, 3.63) is 30.6 Å². The summed E-state index contributed by atoms with van der Waals surface area (Å²) >= 11 is 0. The molecular formula is C10H8N4O. The molecular weight excluding hydrogens is 192 g/mol. The Bertz CT molecular complexity index is 455. The molecule has 1 aliphatic rings. The van der Waals surface area contributed by atoms with Gasteiger partial charge in [0.15, 0.2) is 12.4 Å². The Morgan fingerprint density at radius 3 is 3.20 bits per heavy atom. The monoisotopic (exact) mass is 200 g/mol. The zero-order valence-corrected chi connectivity index (χ0v) is 7.84. The van der Waals surface area contributed by atoms with E-state index in [1.165, 1.54) is 6.33 Å². The molecule has 0 atom stereocenters. The van der Waals surface area contributed by atoms with Crippen LogP contribution in [0.3, 0.4) is 0 Å². The van der Waals surface area contributed by atoms with Crippen LogP contribution in [0.5, 0.6) is 5.88 Å². The predicted molar refractivity (Wildman–Crippen MR) is 54.4 cm³/mol. The molecule has 2 heterocycles. The van der Waals surface area contributed by atoms with Crippen molar-refractivity contribution in [1.82, 2.24) is 15.2 Å². The molecule has 0 amide bonds. The molecule has 0 aliphatic carbocycles. The number of hydrogen-bond donors (Lipinski definition) is 1. The fourth-order valence-electron chi connectivity index (χ4n) is 1.57. The fourth-order valence-corrected chi connectivity index (χ4v) is 1.57. The Kier molecular flexibility index (Phi) is 1.74. The number of nitrogens with one attached hydrogen (secondary N) is 1. The van der Waals surface area contributed by atoms with E-state index in [4.69, 9.17) is 4.74 Å². The molecule has 0 saturated carbocycles. The number of ether oxygens (including phenoxy) is 1. The van der Waals surface area contributed by atoms with Gasteiger partial charge < -0.3 is 10.1 Å². The van der Waals surface area contributed by atoms with E-state index >= 15 is 0 Å². The van der Waals surface area contributed by atoms with E-state index in [2.05, 4.69) is 20.5 Å². The summed E-state index contributed by atoms with van der Waals surface area (Å²) in [6.45, 7) is 0.392. The van der Waals surface area contributed by atoms with Crippen molar-refractivity contribution in [2.24, 2.45) is 0 Å².